The maximum atomic E-state index is 10.7. The largest absolute Gasteiger partial charge is 0.460 e. The topological polar surface area (TPSA) is 35.5 Å². The maximum absolute atomic E-state index is 10.7. The first kappa shape index (κ1) is 23.4. The molecule has 0 saturated heterocycles. The maximum Gasteiger partial charge on any atom is 0.302 e. The third-order valence-electron chi connectivity index (χ3n) is 4.36. The van der Waals surface area contributed by atoms with Crippen LogP contribution < -0.4 is 0 Å². The van der Waals surface area contributed by atoms with E-state index in [2.05, 4.69) is 6.92 Å². The molecule has 0 aromatic carbocycles. The van der Waals surface area contributed by atoms with Crippen molar-refractivity contribution in [2.45, 2.75) is 117 Å². The average Bonchev–Trinajstić information content (AvgIpc) is 2.53. The van der Waals surface area contributed by atoms with Crippen LogP contribution >= 0.6 is 0 Å². The van der Waals surface area contributed by atoms with Gasteiger partial charge in [-0.25, -0.2) is 0 Å². The number of hydrogen-bond acceptors (Lipinski definition) is 3. The van der Waals surface area contributed by atoms with E-state index in [-0.39, 0.29) is 12.1 Å². The van der Waals surface area contributed by atoms with Gasteiger partial charge in [-0.1, -0.05) is 90.4 Å². The van der Waals surface area contributed by atoms with Crippen molar-refractivity contribution >= 4 is 5.97 Å². The Hall–Kier alpha value is -0.570. The van der Waals surface area contributed by atoms with Crippen LogP contribution in [0.15, 0.2) is 0 Å². The molecule has 3 nitrogen and oxygen atoms in total. The van der Waals surface area contributed by atoms with Gasteiger partial charge in [0.15, 0.2) is 0 Å². The summed E-state index contributed by atoms with van der Waals surface area (Å²) in [5, 5.41) is 0. The number of rotatable bonds is 18. The molecule has 0 saturated carbocycles. The summed E-state index contributed by atoms with van der Waals surface area (Å²) in [7, 11) is 0. The molecule has 144 valence electrons. The molecule has 1 atom stereocenters. The molecule has 0 heterocycles. The molecule has 1 unspecified atom stereocenters. The SMILES string of the molecule is CCCCCCCCCCCCCCCCOCC(C)OC(C)=O. The fraction of sp³-hybridized carbons (Fsp3) is 0.952. The van der Waals surface area contributed by atoms with Crippen molar-refractivity contribution in [2.75, 3.05) is 13.2 Å². The number of carbonyl (C=O) groups excluding carboxylic acids is 1. The van der Waals surface area contributed by atoms with Crippen molar-refractivity contribution < 1.29 is 14.3 Å². The number of carbonyl (C=O) groups is 1. The Morgan fingerprint density at radius 3 is 1.58 bits per heavy atom. The van der Waals surface area contributed by atoms with Crippen molar-refractivity contribution in [2.24, 2.45) is 0 Å². The molecule has 0 fully saturated rings. The van der Waals surface area contributed by atoms with E-state index >= 15 is 0 Å². The molecule has 0 radical (unpaired) electrons. The van der Waals surface area contributed by atoms with E-state index in [9.17, 15) is 4.79 Å². The van der Waals surface area contributed by atoms with E-state index in [1.807, 2.05) is 6.92 Å². The van der Waals surface area contributed by atoms with Gasteiger partial charge in [-0.15, -0.1) is 0 Å². The van der Waals surface area contributed by atoms with Crippen LogP contribution in [0.5, 0.6) is 0 Å². The Labute approximate surface area is 150 Å². The zero-order valence-corrected chi connectivity index (χ0v) is 16.6. The lowest BCUT2D eigenvalue weighted by molar-refractivity contribution is -0.148. The molecule has 0 N–H and O–H groups in total. The van der Waals surface area contributed by atoms with Gasteiger partial charge >= 0.3 is 5.97 Å². The third kappa shape index (κ3) is 19.5. The van der Waals surface area contributed by atoms with Crippen LogP contribution in [0.2, 0.25) is 0 Å². The van der Waals surface area contributed by atoms with Gasteiger partial charge in [0, 0.05) is 13.5 Å². The quantitative estimate of drug-likeness (QED) is 0.212. The Kier molecular flexibility index (Phi) is 18.3. The normalized spacial score (nSPS) is 12.3. The van der Waals surface area contributed by atoms with Gasteiger partial charge in [-0.05, 0) is 13.3 Å². The van der Waals surface area contributed by atoms with Crippen molar-refractivity contribution in [1.82, 2.24) is 0 Å². The zero-order chi connectivity index (χ0) is 17.9. The van der Waals surface area contributed by atoms with Gasteiger partial charge < -0.3 is 9.47 Å². The Morgan fingerprint density at radius 1 is 0.750 bits per heavy atom. The molecule has 3 heteroatoms. The summed E-state index contributed by atoms with van der Waals surface area (Å²) in [6, 6.07) is 0. The summed E-state index contributed by atoms with van der Waals surface area (Å²) >= 11 is 0. The van der Waals surface area contributed by atoms with Gasteiger partial charge in [0.25, 0.3) is 0 Å². The Morgan fingerprint density at radius 2 is 1.17 bits per heavy atom. The summed E-state index contributed by atoms with van der Waals surface area (Å²) in [5.41, 5.74) is 0. The number of unbranched alkanes of at least 4 members (excludes halogenated alkanes) is 13. The van der Waals surface area contributed by atoms with Gasteiger partial charge in [0.2, 0.25) is 0 Å². The van der Waals surface area contributed by atoms with E-state index in [1.165, 1.54) is 90.4 Å². The average molecular weight is 343 g/mol. The smallest absolute Gasteiger partial charge is 0.302 e. The highest BCUT2D eigenvalue weighted by Gasteiger charge is 2.04. The van der Waals surface area contributed by atoms with Gasteiger partial charge in [-0.2, -0.15) is 0 Å². The Bertz CT molecular complexity index is 266. The van der Waals surface area contributed by atoms with E-state index in [0.29, 0.717) is 6.61 Å². The van der Waals surface area contributed by atoms with Crippen LogP contribution in [0.1, 0.15) is 111 Å². The predicted octanol–water partition coefficient (Wildman–Crippen LogP) is 6.44. The van der Waals surface area contributed by atoms with Crippen molar-refractivity contribution in [3.8, 4) is 0 Å². The summed E-state index contributed by atoms with van der Waals surface area (Å²) in [4.78, 5) is 10.7. The highest BCUT2D eigenvalue weighted by molar-refractivity contribution is 5.66. The minimum atomic E-state index is -0.234. The first-order chi connectivity index (χ1) is 11.7. The Balaban J connectivity index is 3.06. The minimum Gasteiger partial charge on any atom is -0.460 e. The number of esters is 1. The highest BCUT2D eigenvalue weighted by Crippen LogP contribution is 2.12. The fourth-order valence-corrected chi connectivity index (χ4v) is 2.97. The van der Waals surface area contributed by atoms with Gasteiger partial charge in [0.1, 0.15) is 6.10 Å². The molecule has 0 bridgehead atoms. The molecular formula is C21H42O3. The molecule has 0 spiro atoms. The number of ether oxygens (including phenoxy) is 2. The molecule has 0 amide bonds. The summed E-state index contributed by atoms with van der Waals surface area (Å²) in [6.45, 7) is 6.87. The van der Waals surface area contributed by atoms with Crippen molar-refractivity contribution in [3.05, 3.63) is 0 Å². The van der Waals surface area contributed by atoms with E-state index in [4.69, 9.17) is 9.47 Å². The molecular weight excluding hydrogens is 300 g/mol. The second-order valence-electron chi connectivity index (χ2n) is 7.09. The molecule has 0 aromatic rings. The monoisotopic (exact) mass is 342 g/mol. The lowest BCUT2D eigenvalue weighted by Gasteiger charge is -2.11. The molecule has 0 aliphatic carbocycles. The lowest BCUT2D eigenvalue weighted by Crippen LogP contribution is -2.18. The van der Waals surface area contributed by atoms with Crippen molar-refractivity contribution in [3.63, 3.8) is 0 Å². The number of hydrogen-bond donors (Lipinski definition) is 0. The van der Waals surface area contributed by atoms with Crippen LogP contribution in [-0.2, 0) is 14.3 Å². The molecule has 0 aliphatic rings. The standard InChI is InChI=1S/C21H42O3/c1-4-5-6-7-8-9-10-11-12-13-14-15-16-17-18-23-19-20(2)24-21(3)22/h20H,4-19H2,1-3H3. The van der Waals surface area contributed by atoms with Crippen LogP contribution in [0.4, 0.5) is 0 Å². The van der Waals surface area contributed by atoms with E-state index in [1.54, 1.807) is 0 Å². The van der Waals surface area contributed by atoms with Gasteiger partial charge in [-0.3, -0.25) is 4.79 Å². The zero-order valence-electron chi connectivity index (χ0n) is 16.6. The second kappa shape index (κ2) is 18.8. The molecule has 0 aromatic heterocycles. The summed E-state index contributed by atoms with van der Waals surface area (Å²) in [6.07, 6.45) is 19.1. The van der Waals surface area contributed by atoms with Gasteiger partial charge in [0.05, 0.1) is 6.61 Å². The molecule has 24 heavy (non-hydrogen) atoms. The molecule has 0 aliphatic heterocycles. The summed E-state index contributed by atoms with van der Waals surface area (Å²) in [5.74, 6) is -0.234. The third-order valence-corrected chi connectivity index (χ3v) is 4.36. The highest BCUT2D eigenvalue weighted by atomic mass is 16.6. The first-order valence-corrected chi connectivity index (χ1v) is 10.4. The second-order valence-corrected chi connectivity index (χ2v) is 7.09. The van der Waals surface area contributed by atoms with E-state index in [0.717, 1.165) is 13.0 Å². The van der Waals surface area contributed by atoms with Crippen LogP contribution in [0.25, 0.3) is 0 Å². The molecule has 0 rings (SSSR count). The van der Waals surface area contributed by atoms with Crippen molar-refractivity contribution in [1.29, 1.82) is 0 Å². The minimum absolute atomic E-state index is 0.130. The van der Waals surface area contributed by atoms with E-state index < -0.39 is 0 Å². The van der Waals surface area contributed by atoms with Crippen LogP contribution in [-0.4, -0.2) is 25.3 Å². The lowest BCUT2D eigenvalue weighted by atomic mass is 10.0. The first-order valence-electron chi connectivity index (χ1n) is 10.4. The summed E-state index contributed by atoms with van der Waals surface area (Å²) < 4.78 is 10.5. The predicted molar refractivity (Wildman–Crippen MR) is 102 cm³/mol. The fourth-order valence-electron chi connectivity index (χ4n) is 2.97. The van der Waals surface area contributed by atoms with Crippen LogP contribution in [0, 0.1) is 0 Å². The van der Waals surface area contributed by atoms with Crippen LogP contribution in [0.3, 0.4) is 0 Å².